The summed E-state index contributed by atoms with van der Waals surface area (Å²) in [5.41, 5.74) is 0.781. The highest BCUT2D eigenvalue weighted by Crippen LogP contribution is 2.19. The number of benzene rings is 1. The summed E-state index contributed by atoms with van der Waals surface area (Å²) in [7, 11) is 0. The topological polar surface area (TPSA) is 50.1 Å². The molecule has 0 bridgehead atoms. The second-order valence-electron chi connectivity index (χ2n) is 3.23. The SMILES string of the molecule is CCOC(=O)C(C#N)Cc1ccccc1Cl. The maximum absolute atomic E-state index is 11.4. The Bertz CT molecular complexity index is 412. The van der Waals surface area contributed by atoms with Crippen molar-refractivity contribution >= 4 is 17.6 Å². The molecule has 0 saturated carbocycles. The van der Waals surface area contributed by atoms with Gasteiger partial charge in [-0.1, -0.05) is 29.8 Å². The first kappa shape index (κ1) is 12.5. The van der Waals surface area contributed by atoms with Gasteiger partial charge >= 0.3 is 5.97 Å². The van der Waals surface area contributed by atoms with Crippen LogP contribution in [0.25, 0.3) is 0 Å². The maximum atomic E-state index is 11.4. The molecule has 0 heterocycles. The molecule has 0 aliphatic heterocycles. The Kier molecular flexibility index (Phi) is 4.81. The van der Waals surface area contributed by atoms with E-state index in [-0.39, 0.29) is 13.0 Å². The first-order chi connectivity index (χ1) is 7.69. The van der Waals surface area contributed by atoms with E-state index in [1.165, 1.54) is 0 Å². The fourth-order valence-electron chi connectivity index (χ4n) is 1.31. The zero-order chi connectivity index (χ0) is 12.0. The second-order valence-corrected chi connectivity index (χ2v) is 3.64. The lowest BCUT2D eigenvalue weighted by atomic mass is 10.0. The van der Waals surface area contributed by atoms with Crippen LogP contribution in [0.15, 0.2) is 24.3 Å². The normalized spacial score (nSPS) is 11.6. The van der Waals surface area contributed by atoms with Gasteiger partial charge in [-0.25, -0.2) is 0 Å². The summed E-state index contributed by atoms with van der Waals surface area (Å²) in [5, 5.41) is 9.44. The van der Waals surface area contributed by atoms with Crippen LogP contribution in [0.1, 0.15) is 12.5 Å². The summed E-state index contributed by atoms with van der Waals surface area (Å²) in [5.74, 6) is -1.29. The van der Waals surface area contributed by atoms with Gasteiger partial charge in [0.2, 0.25) is 0 Å². The van der Waals surface area contributed by atoms with E-state index < -0.39 is 11.9 Å². The summed E-state index contributed by atoms with van der Waals surface area (Å²) in [6.07, 6.45) is 0.287. The highest BCUT2D eigenvalue weighted by molar-refractivity contribution is 6.31. The predicted octanol–water partition coefficient (Wildman–Crippen LogP) is 2.59. The number of esters is 1. The lowest BCUT2D eigenvalue weighted by molar-refractivity contribution is -0.145. The average Bonchev–Trinajstić information content (AvgIpc) is 2.28. The van der Waals surface area contributed by atoms with Crippen molar-refractivity contribution in [2.75, 3.05) is 6.61 Å². The van der Waals surface area contributed by atoms with Crippen LogP contribution in [0.5, 0.6) is 0 Å². The first-order valence-corrected chi connectivity index (χ1v) is 5.36. The third-order valence-electron chi connectivity index (χ3n) is 2.11. The van der Waals surface area contributed by atoms with Gasteiger partial charge in [-0.15, -0.1) is 0 Å². The number of ether oxygens (including phenoxy) is 1. The summed E-state index contributed by atoms with van der Waals surface area (Å²) >= 11 is 5.95. The van der Waals surface area contributed by atoms with Crippen LogP contribution in [-0.2, 0) is 16.0 Å². The van der Waals surface area contributed by atoms with Gasteiger partial charge in [0.25, 0.3) is 0 Å². The first-order valence-electron chi connectivity index (χ1n) is 4.98. The molecular formula is C12H12ClNO2. The number of hydrogen-bond donors (Lipinski definition) is 0. The number of carbonyl (C=O) groups excluding carboxylic acids is 1. The molecule has 1 aromatic rings. The largest absolute Gasteiger partial charge is 0.465 e. The lowest BCUT2D eigenvalue weighted by Gasteiger charge is -2.09. The van der Waals surface area contributed by atoms with Crippen molar-refractivity contribution in [3.63, 3.8) is 0 Å². The molecule has 1 unspecified atom stereocenters. The maximum Gasteiger partial charge on any atom is 0.323 e. The van der Waals surface area contributed by atoms with Crippen LogP contribution < -0.4 is 0 Å². The molecule has 3 nitrogen and oxygen atoms in total. The van der Waals surface area contributed by atoms with Gasteiger partial charge in [-0.05, 0) is 18.6 Å². The summed E-state index contributed by atoms with van der Waals surface area (Å²) < 4.78 is 4.80. The molecule has 1 aromatic carbocycles. The van der Waals surface area contributed by atoms with E-state index in [1.54, 1.807) is 25.1 Å². The standard InChI is InChI=1S/C12H12ClNO2/c1-2-16-12(15)10(8-14)7-9-5-3-4-6-11(9)13/h3-6,10H,2,7H2,1H3. The minimum atomic E-state index is -0.792. The quantitative estimate of drug-likeness (QED) is 0.757. The van der Waals surface area contributed by atoms with E-state index in [1.807, 2.05) is 12.1 Å². The molecule has 4 heteroatoms. The van der Waals surface area contributed by atoms with Crippen molar-refractivity contribution in [3.05, 3.63) is 34.9 Å². The third kappa shape index (κ3) is 3.25. The zero-order valence-electron chi connectivity index (χ0n) is 8.94. The highest BCUT2D eigenvalue weighted by Gasteiger charge is 2.20. The molecule has 0 N–H and O–H groups in total. The van der Waals surface area contributed by atoms with E-state index in [0.29, 0.717) is 5.02 Å². The number of hydrogen-bond acceptors (Lipinski definition) is 3. The Morgan fingerprint density at radius 1 is 1.56 bits per heavy atom. The molecule has 1 atom stereocenters. The minimum Gasteiger partial charge on any atom is -0.465 e. The monoisotopic (exact) mass is 237 g/mol. The van der Waals surface area contributed by atoms with Crippen LogP contribution in [-0.4, -0.2) is 12.6 Å². The van der Waals surface area contributed by atoms with Crippen molar-refractivity contribution in [1.29, 1.82) is 5.26 Å². The highest BCUT2D eigenvalue weighted by atomic mass is 35.5. The molecule has 0 aromatic heterocycles. The van der Waals surface area contributed by atoms with Gasteiger partial charge in [-0.3, -0.25) is 4.79 Å². The van der Waals surface area contributed by atoms with Crippen molar-refractivity contribution in [3.8, 4) is 6.07 Å². The van der Waals surface area contributed by atoms with Crippen LogP contribution in [0.4, 0.5) is 0 Å². The van der Waals surface area contributed by atoms with Crippen LogP contribution >= 0.6 is 11.6 Å². The third-order valence-corrected chi connectivity index (χ3v) is 2.48. The van der Waals surface area contributed by atoms with E-state index in [2.05, 4.69) is 0 Å². The Hall–Kier alpha value is -1.53. The Morgan fingerprint density at radius 2 is 2.25 bits per heavy atom. The predicted molar refractivity (Wildman–Crippen MR) is 60.9 cm³/mol. The van der Waals surface area contributed by atoms with Gasteiger partial charge in [0.05, 0.1) is 12.7 Å². The molecule has 0 aliphatic carbocycles. The molecule has 0 saturated heterocycles. The van der Waals surface area contributed by atoms with E-state index >= 15 is 0 Å². The molecule has 1 rings (SSSR count). The smallest absolute Gasteiger partial charge is 0.323 e. The molecule has 0 spiro atoms. The van der Waals surface area contributed by atoms with E-state index in [4.69, 9.17) is 21.6 Å². The lowest BCUT2D eigenvalue weighted by Crippen LogP contribution is -2.18. The Labute approximate surface area is 99.6 Å². The Balaban J connectivity index is 2.75. The molecule has 0 radical (unpaired) electrons. The summed E-state index contributed by atoms with van der Waals surface area (Å²) in [6.45, 7) is 1.99. The van der Waals surface area contributed by atoms with Crippen molar-refractivity contribution in [2.24, 2.45) is 5.92 Å². The fraction of sp³-hybridized carbons (Fsp3) is 0.333. The van der Waals surface area contributed by atoms with Crippen molar-refractivity contribution in [2.45, 2.75) is 13.3 Å². The summed E-state index contributed by atoms with van der Waals surface area (Å²) in [4.78, 5) is 11.4. The van der Waals surface area contributed by atoms with Crippen LogP contribution in [0.2, 0.25) is 5.02 Å². The molecule has 84 valence electrons. The molecule has 16 heavy (non-hydrogen) atoms. The van der Waals surface area contributed by atoms with E-state index in [0.717, 1.165) is 5.56 Å². The van der Waals surface area contributed by atoms with Gasteiger partial charge in [0.15, 0.2) is 0 Å². The van der Waals surface area contributed by atoms with Crippen molar-refractivity contribution < 1.29 is 9.53 Å². The number of nitriles is 1. The summed E-state index contributed by atoms with van der Waals surface area (Å²) in [6, 6.07) is 9.08. The zero-order valence-corrected chi connectivity index (χ0v) is 9.70. The van der Waals surface area contributed by atoms with Gasteiger partial charge in [0, 0.05) is 11.4 Å². The molecule has 0 fully saturated rings. The number of carbonyl (C=O) groups is 1. The van der Waals surface area contributed by atoms with Crippen LogP contribution in [0, 0.1) is 17.2 Å². The molecular weight excluding hydrogens is 226 g/mol. The number of halogens is 1. The molecule has 0 aliphatic rings. The van der Waals surface area contributed by atoms with Gasteiger partial charge in [-0.2, -0.15) is 5.26 Å². The van der Waals surface area contributed by atoms with Crippen LogP contribution in [0.3, 0.4) is 0 Å². The Morgan fingerprint density at radius 3 is 2.81 bits per heavy atom. The number of nitrogens with zero attached hydrogens (tertiary/aromatic N) is 1. The van der Waals surface area contributed by atoms with E-state index in [9.17, 15) is 4.79 Å². The minimum absolute atomic E-state index is 0.277. The average molecular weight is 238 g/mol. The van der Waals surface area contributed by atoms with Gasteiger partial charge in [0.1, 0.15) is 5.92 Å². The fourth-order valence-corrected chi connectivity index (χ4v) is 1.52. The van der Waals surface area contributed by atoms with Crippen molar-refractivity contribution in [1.82, 2.24) is 0 Å². The molecule has 0 amide bonds. The number of rotatable bonds is 4. The second kappa shape index (κ2) is 6.14. The van der Waals surface area contributed by atoms with Gasteiger partial charge < -0.3 is 4.74 Å².